The summed E-state index contributed by atoms with van der Waals surface area (Å²) in [5.41, 5.74) is 2.16. The second kappa shape index (κ2) is 6.10. The first-order valence-corrected chi connectivity index (χ1v) is 7.38. The number of aryl methyl sites for hydroxylation is 1. The zero-order valence-corrected chi connectivity index (χ0v) is 12.7. The Morgan fingerprint density at radius 3 is 2.63 bits per heavy atom. The van der Waals surface area contributed by atoms with Crippen molar-refractivity contribution in [1.29, 1.82) is 0 Å². The molecule has 0 saturated carbocycles. The zero-order chi connectivity index (χ0) is 13.8. The van der Waals surface area contributed by atoms with Crippen molar-refractivity contribution in [2.75, 3.05) is 5.32 Å². The van der Waals surface area contributed by atoms with Crippen LogP contribution in [0.1, 0.15) is 43.1 Å². The fourth-order valence-corrected chi connectivity index (χ4v) is 2.67. The summed E-state index contributed by atoms with van der Waals surface area (Å²) < 4.78 is 0. The van der Waals surface area contributed by atoms with E-state index in [2.05, 4.69) is 47.3 Å². The highest BCUT2D eigenvalue weighted by Crippen LogP contribution is 2.23. The fraction of sp³-hybridized carbons (Fsp3) is 0.500. The van der Waals surface area contributed by atoms with E-state index in [-0.39, 0.29) is 0 Å². The largest absolute Gasteiger partial charge is 0.357 e. The average molecular weight is 276 g/mol. The van der Waals surface area contributed by atoms with Crippen molar-refractivity contribution >= 4 is 16.5 Å². The molecule has 19 heavy (non-hydrogen) atoms. The normalized spacial score (nSPS) is 12.7. The van der Waals surface area contributed by atoms with Crippen molar-refractivity contribution in [3.05, 3.63) is 34.6 Å². The van der Waals surface area contributed by atoms with E-state index in [1.807, 2.05) is 19.1 Å². The highest BCUT2D eigenvalue weighted by molar-refractivity contribution is 7.15. The van der Waals surface area contributed by atoms with E-state index in [9.17, 15) is 0 Å². The Morgan fingerprint density at radius 2 is 2.00 bits per heavy atom. The first-order valence-electron chi connectivity index (χ1n) is 6.57. The molecule has 0 aliphatic carbocycles. The smallest absolute Gasteiger partial charge is 0.205 e. The van der Waals surface area contributed by atoms with E-state index >= 15 is 0 Å². The van der Waals surface area contributed by atoms with Gasteiger partial charge < -0.3 is 5.32 Å². The lowest BCUT2D eigenvalue weighted by molar-refractivity contribution is 0.761. The molecule has 2 aromatic rings. The summed E-state index contributed by atoms with van der Waals surface area (Å²) in [5.74, 6) is 0.432. The van der Waals surface area contributed by atoms with Gasteiger partial charge in [0, 0.05) is 29.8 Å². The Morgan fingerprint density at radius 1 is 1.21 bits per heavy atom. The molecule has 0 amide bonds. The number of pyridine rings is 1. The summed E-state index contributed by atoms with van der Waals surface area (Å²) in [6, 6.07) is 6.42. The topological polar surface area (TPSA) is 50.7 Å². The molecular weight excluding hydrogens is 256 g/mol. The predicted molar refractivity (Wildman–Crippen MR) is 79.8 cm³/mol. The van der Waals surface area contributed by atoms with Gasteiger partial charge in [0.2, 0.25) is 5.13 Å². The number of nitrogens with one attached hydrogen (secondary N) is 1. The van der Waals surface area contributed by atoms with Gasteiger partial charge in [-0.25, -0.2) is 0 Å². The van der Waals surface area contributed by atoms with E-state index in [0.717, 1.165) is 27.9 Å². The molecule has 0 radical (unpaired) electrons. The van der Waals surface area contributed by atoms with Crippen LogP contribution in [0, 0.1) is 6.92 Å². The predicted octanol–water partition coefficient (Wildman–Crippen LogP) is 3.41. The van der Waals surface area contributed by atoms with Crippen LogP contribution in [0.4, 0.5) is 5.13 Å². The van der Waals surface area contributed by atoms with Crippen molar-refractivity contribution in [2.45, 2.75) is 46.1 Å². The maximum Gasteiger partial charge on any atom is 0.205 e. The van der Waals surface area contributed by atoms with Crippen LogP contribution in [-0.2, 0) is 6.42 Å². The van der Waals surface area contributed by atoms with Gasteiger partial charge in [-0.1, -0.05) is 31.3 Å². The van der Waals surface area contributed by atoms with Crippen LogP contribution < -0.4 is 5.32 Å². The lowest BCUT2D eigenvalue weighted by Gasteiger charge is -2.12. The third kappa shape index (κ3) is 3.99. The maximum absolute atomic E-state index is 4.52. The first kappa shape index (κ1) is 13.9. The van der Waals surface area contributed by atoms with Crippen LogP contribution >= 0.6 is 11.3 Å². The zero-order valence-electron chi connectivity index (χ0n) is 11.8. The summed E-state index contributed by atoms with van der Waals surface area (Å²) in [5, 5.41) is 13.7. The second-order valence-electron chi connectivity index (χ2n) is 5.12. The summed E-state index contributed by atoms with van der Waals surface area (Å²) in [6.45, 7) is 8.41. The van der Waals surface area contributed by atoms with E-state index in [1.165, 1.54) is 0 Å². The van der Waals surface area contributed by atoms with Crippen LogP contribution in [0.3, 0.4) is 0 Å². The molecule has 2 heterocycles. The van der Waals surface area contributed by atoms with E-state index in [4.69, 9.17) is 0 Å². The molecule has 0 bridgehead atoms. The molecular formula is C14H20N4S. The average Bonchev–Trinajstić information content (AvgIpc) is 2.77. The lowest BCUT2D eigenvalue weighted by atomic mass is 10.1. The number of rotatable bonds is 5. The standard InChI is InChI=1S/C14H20N4S/c1-9(2)13-17-18-14(19-13)16-11(4)8-12-7-5-6-10(3)15-12/h5-7,9,11H,8H2,1-4H3,(H,16,18)/t11-/m0/s1. The van der Waals surface area contributed by atoms with E-state index in [1.54, 1.807) is 11.3 Å². The van der Waals surface area contributed by atoms with Crippen molar-refractivity contribution < 1.29 is 0 Å². The Kier molecular flexibility index (Phi) is 4.47. The molecule has 0 aliphatic heterocycles. The van der Waals surface area contributed by atoms with Crippen molar-refractivity contribution in [2.24, 2.45) is 0 Å². The van der Waals surface area contributed by atoms with E-state index in [0.29, 0.717) is 12.0 Å². The number of anilines is 1. The molecule has 0 aliphatic rings. The Hall–Kier alpha value is -1.49. The van der Waals surface area contributed by atoms with Gasteiger partial charge in [0.25, 0.3) is 0 Å². The molecule has 2 rings (SSSR count). The minimum atomic E-state index is 0.294. The first-order chi connectivity index (χ1) is 9.04. The summed E-state index contributed by atoms with van der Waals surface area (Å²) in [4.78, 5) is 4.52. The van der Waals surface area contributed by atoms with Gasteiger partial charge in [-0.2, -0.15) is 0 Å². The molecule has 1 N–H and O–H groups in total. The summed E-state index contributed by atoms with van der Waals surface area (Å²) in [7, 11) is 0. The molecule has 0 unspecified atom stereocenters. The van der Waals surface area contributed by atoms with Gasteiger partial charge in [-0.3, -0.25) is 4.98 Å². The molecule has 2 aromatic heterocycles. The molecule has 1 atom stereocenters. The Balaban J connectivity index is 1.95. The van der Waals surface area contributed by atoms with Crippen LogP contribution in [0.15, 0.2) is 18.2 Å². The fourth-order valence-electron chi connectivity index (χ4n) is 1.81. The van der Waals surface area contributed by atoms with Crippen molar-refractivity contribution in [3.8, 4) is 0 Å². The number of hydrogen-bond donors (Lipinski definition) is 1. The van der Waals surface area contributed by atoms with Crippen LogP contribution in [0.2, 0.25) is 0 Å². The highest BCUT2D eigenvalue weighted by Gasteiger charge is 2.10. The second-order valence-corrected chi connectivity index (χ2v) is 6.13. The van der Waals surface area contributed by atoms with Crippen molar-refractivity contribution in [1.82, 2.24) is 15.2 Å². The number of nitrogens with zero attached hydrogens (tertiary/aromatic N) is 3. The molecule has 5 heteroatoms. The molecule has 0 aromatic carbocycles. The lowest BCUT2D eigenvalue weighted by Crippen LogP contribution is -2.18. The van der Waals surface area contributed by atoms with Crippen LogP contribution in [-0.4, -0.2) is 21.2 Å². The Labute approximate surface area is 118 Å². The van der Waals surface area contributed by atoms with E-state index < -0.39 is 0 Å². The third-order valence-electron chi connectivity index (χ3n) is 2.77. The van der Waals surface area contributed by atoms with Gasteiger partial charge in [0.05, 0.1) is 0 Å². The van der Waals surface area contributed by atoms with Crippen molar-refractivity contribution in [3.63, 3.8) is 0 Å². The highest BCUT2D eigenvalue weighted by atomic mass is 32.1. The quantitative estimate of drug-likeness (QED) is 0.909. The molecule has 0 spiro atoms. The van der Waals surface area contributed by atoms with Gasteiger partial charge in [-0.15, -0.1) is 10.2 Å². The molecule has 0 saturated heterocycles. The molecule has 102 valence electrons. The Bertz CT molecular complexity index is 536. The number of aromatic nitrogens is 3. The minimum absolute atomic E-state index is 0.294. The summed E-state index contributed by atoms with van der Waals surface area (Å²) in [6.07, 6.45) is 0.887. The van der Waals surface area contributed by atoms with Crippen LogP contribution in [0.5, 0.6) is 0 Å². The number of hydrogen-bond acceptors (Lipinski definition) is 5. The minimum Gasteiger partial charge on any atom is -0.357 e. The summed E-state index contributed by atoms with van der Waals surface area (Å²) >= 11 is 1.63. The van der Waals surface area contributed by atoms with Gasteiger partial charge in [0.1, 0.15) is 5.01 Å². The van der Waals surface area contributed by atoms with Crippen LogP contribution in [0.25, 0.3) is 0 Å². The van der Waals surface area contributed by atoms with Gasteiger partial charge in [0.15, 0.2) is 0 Å². The van der Waals surface area contributed by atoms with Gasteiger partial charge >= 0.3 is 0 Å². The maximum atomic E-state index is 4.52. The SMILES string of the molecule is Cc1cccc(C[C@H](C)Nc2nnc(C(C)C)s2)n1. The monoisotopic (exact) mass is 276 g/mol. The van der Waals surface area contributed by atoms with Gasteiger partial charge in [-0.05, 0) is 26.0 Å². The molecule has 4 nitrogen and oxygen atoms in total. The molecule has 0 fully saturated rings. The third-order valence-corrected chi connectivity index (χ3v) is 3.92.